The summed E-state index contributed by atoms with van der Waals surface area (Å²) in [6.07, 6.45) is 4.51. The van der Waals surface area contributed by atoms with E-state index in [1.807, 2.05) is 37.2 Å². The van der Waals surface area contributed by atoms with E-state index in [0.29, 0.717) is 17.1 Å². The second kappa shape index (κ2) is 10.9. The highest BCUT2D eigenvalue weighted by atomic mass is 79.9. The molecule has 1 aliphatic rings. The molecule has 1 aromatic heterocycles. The van der Waals surface area contributed by atoms with Crippen molar-refractivity contribution in [3.63, 3.8) is 0 Å². The number of hydrogen-bond donors (Lipinski definition) is 3. The summed E-state index contributed by atoms with van der Waals surface area (Å²) in [5, 5.41) is 12.2. The number of aromatic nitrogens is 2. The first kappa shape index (κ1) is 24.7. The van der Waals surface area contributed by atoms with E-state index < -0.39 is 0 Å². The average Bonchev–Trinajstić information content (AvgIpc) is 2.80. The van der Waals surface area contributed by atoms with E-state index in [2.05, 4.69) is 63.9 Å². The first-order chi connectivity index (χ1) is 16.3. The highest BCUT2D eigenvalue weighted by Gasteiger charge is 2.22. The Balaban J connectivity index is 1.28. The number of rotatable bonds is 6. The van der Waals surface area contributed by atoms with Gasteiger partial charge < -0.3 is 20.9 Å². The predicted molar refractivity (Wildman–Crippen MR) is 151 cm³/mol. The Labute approximate surface area is 216 Å². The third-order valence-corrected chi connectivity index (χ3v) is 7.18. The van der Waals surface area contributed by atoms with Gasteiger partial charge in [-0.15, -0.1) is 0 Å². The first-order valence-electron chi connectivity index (χ1n) is 11.8. The van der Waals surface area contributed by atoms with Crippen LogP contribution in [0.3, 0.4) is 0 Å². The molecule has 0 unspecified atom stereocenters. The van der Waals surface area contributed by atoms with Crippen LogP contribution in [0.15, 0.2) is 40.9 Å². The Bertz CT molecular complexity index is 1150. The first-order valence-corrected chi connectivity index (χ1v) is 13.0. The number of anilines is 3. The summed E-state index contributed by atoms with van der Waals surface area (Å²) in [6, 6.07) is 12.8. The van der Waals surface area contributed by atoms with Crippen LogP contribution in [0.1, 0.15) is 36.8 Å². The molecule has 6 nitrogen and oxygen atoms in total. The maximum absolute atomic E-state index is 5.57. The summed E-state index contributed by atoms with van der Waals surface area (Å²) in [4.78, 5) is 11.6. The smallest absolute Gasteiger partial charge is 0.225 e. The molecular formula is C26H33BrN6S. The van der Waals surface area contributed by atoms with Gasteiger partial charge >= 0.3 is 0 Å². The number of hydrogen-bond acceptors (Lipinski definition) is 5. The third-order valence-electron chi connectivity index (χ3n) is 6.47. The molecule has 2 aromatic carbocycles. The lowest BCUT2D eigenvalue weighted by atomic mass is 9.86. The van der Waals surface area contributed by atoms with Gasteiger partial charge in [-0.05, 0) is 93.1 Å². The molecule has 0 atom stereocenters. The Morgan fingerprint density at radius 1 is 1.06 bits per heavy atom. The Morgan fingerprint density at radius 2 is 1.74 bits per heavy atom. The lowest BCUT2D eigenvalue weighted by Crippen LogP contribution is -2.36. The molecule has 1 aliphatic carbocycles. The molecule has 0 saturated heterocycles. The number of nitrogens with zero attached hydrogens (tertiary/aromatic N) is 3. The molecule has 34 heavy (non-hydrogen) atoms. The van der Waals surface area contributed by atoms with Crippen LogP contribution in [0.5, 0.6) is 0 Å². The van der Waals surface area contributed by atoms with Crippen molar-refractivity contribution in [2.24, 2.45) is 5.92 Å². The van der Waals surface area contributed by atoms with Crippen molar-refractivity contribution in [1.29, 1.82) is 0 Å². The van der Waals surface area contributed by atoms with E-state index in [0.717, 1.165) is 65.1 Å². The molecule has 3 N–H and O–H groups in total. The topological polar surface area (TPSA) is 65.1 Å². The lowest BCUT2D eigenvalue weighted by Gasteiger charge is -2.30. The summed E-state index contributed by atoms with van der Waals surface area (Å²) < 4.78 is 1.09. The van der Waals surface area contributed by atoms with Crippen molar-refractivity contribution >= 4 is 61.6 Å². The summed E-state index contributed by atoms with van der Waals surface area (Å²) in [5.41, 5.74) is 4.41. The predicted octanol–water partition coefficient (Wildman–Crippen LogP) is 6.03. The van der Waals surface area contributed by atoms with Crippen molar-refractivity contribution in [1.82, 2.24) is 15.3 Å². The van der Waals surface area contributed by atoms with Crippen molar-refractivity contribution in [3.05, 3.63) is 52.0 Å². The number of halogens is 1. The number of thiocarbonyl (C=S) groups is 1. The molecule has 0 aliphatic heterocycles. The van der Waals surface area contributed by atoms with Gasteiger partial charge in [0, 0.05) is 42.2 Å². The van der Waals surface area contributed by atoms with Gasteiger partial charge in [-0.1, -0.05) is 28.1 Å². The second-order valence-electron chi connectivity index (χ2n) is 9.39. The fraction of sp³-hybridized carbons (Fsp3) is 0.423. The molecule has 8 heteroatoms. The zero-order valence-corrected chi connectivity index (χ0v) is 22.7. The van der Waals surface area contributed by atoms with Crippen molar-refractivity contribution in [3.8, 4) is 0 Å². The largest absolute Gasteiger partial charge is 0.362 e. The van der Waals surface area contributed by atoms with Gasteiger partial charge in [-0.2, -0.15) is 4.98 Å². The molecule has 3 aromatic rings. The molecule has 1 fully saturated rings. The summed E-state index contributed by atoms with van der Waals surface area (Å²) >= 11 is 9.12. The number of para-hydroxylation sites is 1. The highest BCUT2D eigenvalue weighted by molar-refractivity contribution is 9.10. The van der Waals surface area contributed by atoms with Crippen LogP contribution in [-0.4, -0.2) is 41.8 Å². The standard InChI is InChI=1S/C26H33BrN6S/c1-16-13-19(27)14-17(2)23(16)31-26(34)28-15-18-9-11-20(12-10-18)29-25-30-22-8-6-5-7-21(22)24(32-25)33(3)4/h5-8,13-14,18,20H,9-12,15H2,1-4H3,(H2,28,31,34)(H,29,30,32)/t18-,20+. The number of benzene rings is 2. The summed E-state index contributed by atoms with van der Waals surface area (Å²) in [6.45, 7) is 5.08. The van der Waals surface area contributed by atoms with Gasteiger partial charge in [-0.3, -0.25) is 0 Å². The SMILES string of the molecule is Cc1cc(Br)cc(C)c1NC(=S)NC[C@H]1CC[C@@H](Nc2nc(N(C)C)c3ccccc3n2)CC1. The zero-order valence-electron chi connectivity index (χ0n) is 20.3. The quantitative estimate of drug-likeness (QED) is 0.329. The van der Waals surface area contributed by atoms with Crippen molar-refractivity contribution < 1.29 is 0 Å². The molecule has 180 valence electrons. The summed E-state index contributed by atoms with van der Waals surface area (Å²) in [5.74, 6) is 2.28. The number of fused-ring (bicyclic) bond motifs is 1. The molecule has 0 radical (unpaired) electrons. The van der Waals surface area contributed by atoms with Crippen LogP contribution >= 0.6 is 28.1 Å². The minimum absolute atomic E-state index is 0.394. The minimum atomic E-state index is 0.394. The van der Waals surface area contributed by atoms with Gasteiger partial charge in [0.1, 0.15) is 5.82 Å². The average molecular weight is 542 g/mol. The van der Waals surface area contributed by atoms with Gasteiger partial charge in [0.15, 0.2) is 5.11 Å². The summed E-state index contributed by atoms with van der Waals surface area (Å²) in [7, 11) is 4.05. The molecule has 0 spiro atoms. The number of aryl methyl sites for hydroxylation is 2. The fourth-order valence-electron chi connectivity index (χ4n) is 4.66. The van der Waals surface area contributed by atoms with E-state index in [1.54, 1.807) is 0 Å². The maximum atomic E-state index is 5.57. The molecule has 0 amide bonds. The second-order valence-corrected chi connectivity index (χ2v) is 10.7. The maximum Gasteiger partial charge on any atom is 0.225 e. The minimum Gasteiger partial charge on any atom is -0.362 e. The fourth-order valence-corrected chi connectivity index (χ4v) is 5.53. The molecule has 1 heterocycles. The lowest BCUT2D eigenvalue weighted by molar-refractivity contribution is 0.336. The van der Waals surface area contributed by atoms with Crippen LogP contribution in [-0.2, 0) is 0 Å². The van der Waals surface area contributed by atoms with Crippen LogP contribution in [0.2, 0.25) is 0 Å². The van der Waals surface area contributed by atoms with Crippen molar-refractivity contribution in [2.75, 3.05) is 36.2 Å². The Kier molecular flexibility index (Phi) is 7.88. The van der Waals surface area contributed by atoms with Gasteiger partial charge in [0.25, 0.3) is 0 Å². The number of nitrogens with one attached hydrogen (secondary N) is 3. The van der Waals surface area contributed by atoms with E-state index in [-0.39, 0.29) is 0 Å². The molecule has 1 saturated carbocycles. The van der Waals surface area contributed by atoms with Crippen LogP contribution < -0.4 is 20.9 Å². The monoisotopic (exact) mass is 540 g/mol. The van der Waals surface area contributed by atoms with Gasteiger partial charge in [0.05, 0.1) is 5.52 Å². The van der Waals surface area contributed by atoms with Gasteiger partial charge in [-0.25, -0.2) is 4.98 Å². The van der Waals surface area contributed by atoms with E-state index in [9.17, 15) is 0 Å². The van der Waals surface area contributed by atoms with E-state index in [4.69, 9.17) is 22.2 Å². The van der Waals surface area contributed by atoms with Gasteiger partial charge in [0.2, 0.25) is 5.95 Å². The van der Waals surface area contributed by atoms with E-state index in [1.165, 1.54) is 11.1 Å². The van der Waals surface area contributed by atoms with E-state index >= 15 is 0 Å². The molecule has 0 bridgehead atoms. The molecule has 4 rings (SSSR count). The van der Waals surface area contributed by atoms with Crippen LogP contribution in [0, 0.1) is 19.8 Å². The van der Waals surface area contributed by atoms with Crippen LogP contribution in [0.4, 0.5) is 17.5 Å². The zero-order chi connectivity index (χ0) is 24.2. The van der Waals surface area contributed by atoms with Crippen molar-refractivity contribution in [2.45, 2.75) is 45.6 Å². The third kappa shape index (κ3) is 5.96. The highest BCUT2D eigenvalue weighted by Crippen LogP contribution is 2.29. The Morgan fingerprint density at radius 3 is 2.41 bits per heavy atom. The Hall–Kier alpha value is -2.45. The van der Waals surface area contributed by atoms with Crippen LogP contribution in [0.25, 0.3) is 10.9 Å². The normalized spacial score (nSPS) is 17.9. The molecular weight excluding hydrogens is 508 g/mol.